The fourth-order valence-corrected chi connectivity index (χ4v) is 4.11. The maximum absolute atomic E-state index is 13.2. The van der Waals surface area contributed by atoms with Crippen molar-refractivity contribution in [3.05, 3.63) is 53.6 Å². The van der Waals surface area contributed by atoms with Crippen LogP contribution in [-0.2, 0) is 21.2 Å². The Morgan fingerprint density at radius 1 is 1.18 bits per heavy atom. The molecule has 1 amide bonds. The van der Waals surface area contributed by atoms with Crippen molar-refractivity contribution in [1.29, 1.82) is 0 Å². The summed E-state index contributed by atoms with van der Waals surface area (Å²) >= 11 is 0. The van der Waals surface area contributed by atoms with Gasteiger partial charge in [0, 0.05) is 30.9 Å². The van der Waals surface area contributed by atoms with Crippen LogP contribution >= 0.6 is 12.4 Å². The Labute approximate surface area is 168 Å². The van der Waals surface area contributed by atoms with E-state index in [-0.39, 0.29) is 31.3 Å². The molecule has 0 atom stereocenters. The first kappa shape index (κ1) is 22.1. The summed E-state index contributed by atoms with van der Waals surface area (Å²) in [5, 5.41) is 0. The summed E-state index contributed by atoms with van der Waals surface area (Å²) in [6, 6.07) is 7.67. The molecule has 0 saturated heterocycles. The van der Waals surface area contributed by atoms with Crippen LogP contribution in [0.25, 0.3) is 0 Å². The van der Waals surface area contributed by atoms with Crippen LogP contribution < -0.4 is 15.4 Å². The molecule has 1 aliphatic rings. The number of hydrogen-bond acceptors (Lipinski definition) is 4. The van der Waals surface area contributed by atoms with E-state index in [2.05, 4.69) is 4.72 Å². The number of nitrogens with zero attached hydrogens (tertiary/aromatic N) is 1. The Balaban J connectivity index is 0.00000280. The minimum atomic E-state index is -4.04. The average molecular weight is 432 g/mol. The number of benzene rings is 2. The predicted octanol–water partition coefficient (Wildman–Crippen LogP) is 2.62. The molecule has 2 aromatic carbocycles. The number of halogens is 3. The van der Waals surface area contributed by atoms with Gasteiger partial charge in [0.25, 0.3) is 0 Å². The summed E-state index contributed by atoms with van der Waals surface area (Å²) in [6.45, 7) is 0.375. The summed E-state index contributed by atoms with van der Waals surface area (Å²) in [4.78, 5) is 13.7. The zero-order chi connectivity index (χ0) is 19.6. The van der Waals surface area contributed by atoms with E-state index in [1.54, 1.807) is 17.0 Å². The van der Waals surface area contributed by atoms with Crippen molar-refractivity contribution in [2.24, 2.45) is 0 Å². The number of nitrogens with one attached hydrogen (secondary N) is 1. The van der Waals surface area contributed by atoms with Gasteiger partial charge in [0.05, 0.1) is 4.90 Å². The highest BCUT2D eigenvalue weighted by Crippen LogP contribution is 2.31. The highest BCUT2D eigenvalue weighted by atomic mass is 35.5. The molecule has 0 aromatic heterocycles. The van der Waals surface area contributed by atoms with E-state index in [0.29, 0.717) is 18.3 Å². The van der Waals surface area contributed by atoms with Crippen LogP contribution in [0, 0.1) is 11.6 Å². The number of hydrogen-bond donors (Lipinski definition) is 2. The molecule has 0 aliphatic carbocycles. The smallest absolute Gasteiger partial charge is 0.240 e. The van der Waals surface area contributed by atoms with Gasteiger partial charge in [0.2, 0.25) is 15.9 Å². The molecule has 0 spiro atoms. The number of nitrogen functional groups attached to an aromatic ring is 1. The van der Waals surface area contributed by atoms with Gasteiger partial charge < -0.3 is 10.6 Å². The third-order valence-corrected chi connectivity index (χ3v) is 5.88. The first-order valence-corrected chi connectivity index (χ1v) is 9.90. The van der Waals surface area contributed by atoms with E-state index in [1.165, 1.54) is 0 Å². The molecule has 28 heavy (non-hydrogen) atoms. The zero-order valence-corrected chi connectivity index (χ0v) is 16.5. The van der Waals surface area contributed by atoms with E-state index < -0.39 is 26.6 Å². The molecular formula is C18H20ClF2N3O3S. The van der Waals surface area contributed by atoms with Crippen LogP contribution in [0.4, 0.5) is 20.2 Å². The van der Waals surface area contributed by atoms with E-state index in [4.69, 9.17) is 5.73 Å². The SMILES string of the molecule is Cl.Nc1cccc2c1CCCN2C(=O)CCNS(=O)(=O)c1ccc(F)c(F)c1. The molecule has 1 aliphatic heterocycles. The standard InChI is InChI=1S/C18H19F2N3O3S.ClH/c19-14-7-6-12(11-15(14)20)27(25,26)22-9-8-18(24)23-10-2-3-13-16(21)4-1-5-17(13)23;/h1,4-7,11,22H,2-3,8-10,21H2;1H. The molecule has 2 aromatic rings. The van der Waals surface area contributed by atoms with Crippen molar-refractivity contribution < 1.29 is 22.0 Å². The molecule has 6 nitrogen and oxygen atoms in total. The van der Waals surface area contributed by atoms with Crippen LogP contribution in [0.1, 0.15) is 18.4 Å². The van der Waals surface area contributed by atoms with Crippen molar-refractivity contribution >= 4 is 39.7 Å². The van der Waals surface area contributed by atoms with Gasteiger partial charge in [-0.25, -0.2) is 21.9 Å². The number of fused-ring (bicyclic) bond motifs is 1. The van der Waals surface area contributed by atoms with Crippen LogP contribution in [0.5, 0.6) is 0 Å². The molecule has 1 heterocycles. The number of rotatable bonds is 5. The first-order valence-electron chi connectivity index (χ1n) is 8.42. The second kappa shape index (κ2) is 8.85. The second-order valence-electron chi connectivity index (χ2n) is 6.22. The fourth-order valence-electron chi connectivity index (χ4n) is 3.07. The van der Waals surface area contributed by atoms with Crippen molar-refractivity contribution in [3.8, 4) is 0 Å². The third kappa shape index (κ3) is 4.60. The quantitative estimate of drug-likeness (QED) is 0.712. The number of sulfonamides is 1. The molecule has 0 radical (unpaired) electrons. The first-order chi connectivity index (χ1) is 12.8. The zero-order valence-electron chi connectivity index (χ0n) is 14.8. The lowest BCUT2D eigenvalue weighted by Gasteiger charge is -2.30. The molecule has 3 rings (SSSR count). The lowest BCUT2D eigenvalue weighted by atomic mass is 9.99. The molecule has 0 bridgehead atoms. The highest BCUT2D eigenvalue weighted by molar-refractivity contribution is 7.89. The Morgan fingerprint density at radius 3 is 2.64 bits per heavy atom. The van der Waals surface area contributed by atoms with Crippen LogP contribution in [0.15, 0.2) is 41.3 Å². The van der Waals surface area contributed by atoms with Crippen LogP contribution in [0.3, 0.4) is 0 Å². The van der Waals surface area contributed by atoms with Gasteiger partial charge in [0.15, 0.2) is 11.6 Å². The van der Waals surface area contributed by atoms with Crippen molar-refractivity contribution in [2.75, 3.05) is 23.7 Å². The third-order valence-electron chi connectivity index (χ3n) is 4.42. The lowest BCUT2D eigenvalue weighted by Crippen LogP contribution is -2.38. The fraction of sp³-hybridized carbons (Fsp3) is 0.278. The molecule has 0 unspecified atom stereocenters. The minimum absolute atomic E-state index is 0. The Morgan fingerprint density at radius 2 is 1.93 bits per heavy atom. The van der Waals surface area contributed by atoms with E-state index in [0.717, 1.165) is 36.2 Å². The summed E-state index contributed by atoms with van der Waals surface area (Å²) in [5.41, 5.74) is 8.25. The molecule has 10 heteroatoms. The maximum Gasteiger partial charge on any atom is 0.240 e. The molecule has 0 fully saturated rings. The van der Waals surface area contributed by atoms with Gasteiger partial charge >= 0.3 is 0 Å². The van der Waals surface area contributed by atoms with Crippen molar-refractivity contribution in [1.82, 2.24) is 4.72 Å². The molecule has 3 N–H and O–H groups in total. The largest absolute Gasteiger partial charge is 0.398 e. The van der Waals surface area contributed by atoms with Crippen LogP contribution in [-0.4, -0.2) is 27.4 Å². The van der Waals surface area contributed by atoms with E-state index >= 15 is 0 Å². The maximum atomic E-state index is 13.2. The summed E-state index contributed by atoms with van der Waals surface area (Å²) in [5.74, 6) is -2.63. The second-order valence-corrected chi connectivity index (χ2v) is 7.98. The van der Waals surface area contributed by atoms with Crippen molar-refractivity contribution in [2.45, 2.75) is 24.2 Å². The number of amides is 1. The van der Waals surface area contributed by atoms with Gasteiger partial charge in [0.1, 0.15) is 0 Å². The van der Waals surface area contributed by atoms with Gasteiger partial charge in [-0.2, -0.15) is 0 Å². The number of carbonyl (C=O) groups is 1. The Bertz CT molecular complexity index is 986. The number of nitrogens with two attached hydrogens (primary N) is 1. The summed E-state index contributed by atoms with van der Waals surface area (Å²) in [7, 11) is -4.04. The van der Waals surface area contributed by atoms with Gasteiger partial charge in [-0.1, -0.05) is 6.07 Å². The topological polar surface area (TPSA) is 92.5 Å². The van der Waals surface area contributed by atoms with Crippen molar-refractivity contribution in [3.63, 3.8) is 0 Å². The average Bonchev–Trinajstić information content (AvgIpc) is 2.63. The normalized spacial score (nSPS) is 13.6. The predicted molar refractivity (Wildman–Crippen MR) is 105 cm³/mol. The monoisotopic (exact) mass is 431 g/mol. The number of anilines is 2. The minimum Gasteiger partial charge on any atom is -0.398 e. The summed E-state index contributed by atoms with van der Waals surface area (Å²) < 4.78 is 52.7. The van der Waals surface area contributed by atoms with Gasteiger partial charge in [-0.05, 0) is 48.7 Å². The Kier molecular flexibility index (Phi) is 6.97. The molecular weight excluding hydrogens is 412 g/mol. The summed E-state index contributed by atoms with van der Waals surface area (Å²) in [6.07, 6.45) is 1.49. The van der Waals surface area contributed by atoms with Gasteiger partial charge in [-0.15, -0.1) is 12.4 Å². The molecule has 0 saturated carbocycles. The van der Waals surface area contributed by atoms with E-state index in [1.807, 2.05) is 6.07 Å². The van der Waals surface area contributed by atoms with Crippen LogP contribution in [0.2, 0.25) is 0 Å². The molecule has 152 valence electrons. The lowest BCUT2D eigenvalue weighted by molar-refractivity contribution is -0.118. The van der Waals surface area contributed by atoms with E-state index in [9.17, 15) is 22.0 Å². The van der Waals surface area contributed by atoms with Gasteiger partial charge in [-0.3, -0.25) is 4.79 Å². The highest BCUT2D eigenvalue weighted by Gasteiger charge is 2.24. The number of carbonyl (C=O) groups excluding carboxylic acids is 1. The Hall–Kier alpha value is -2.23.